The molecule has 0 unspecified atom stereocenters. The maximum absolute atomic E-state index is 10.9. The molecule has 1 rings (SSSR count). The number of aliphatic hydroxyl groups is 2. The van der Waals surface area contributed by atoms with Crippen molar-refractivity contribution in [3.8, 4) is 0 Å². The van der Waals surface area contributed by atoms with Gasteiger partial charge in [-0.2, -0.15) is 0 Å². The molecule has 0 atom stereocenters. The lowest BCUT2D eigenvalue weighted by Gasteiger charge is -2.26. The van der Waals surface area contributed by atoms with Crippen molar-refractivity contribution in [3.63, 3.8) is 0 Å². The lowest BCUT2D eigenvalue weighted by atomic mass is 10.1. The molecule has 0 spiro atoms. The molecule has 5 heteroatoms. The zero-order chi connectivity index (χ0) is 9.35. The number of aliphatic imine (C=N–C) groups is 1. The van der Waals surface area contributed by atoms with E-state index in [1.807, 2.05) is 0 Å². The molecule has 0 aromatic carbocycles. The zero-order valence-electron chi connectivity index (χ0n) is 6.94. The van der Waals surface area contributed by atoms with E-state index in [0.29, 0.717) is 0 Å². The van der Waals surface area contributed by atoms with E-state index in [1.165, 1.54) is 0 Å². The van der Waals surface area contributed by atoms with E-state index in [0.717, 1.165) is 0 Å². The van der Waals surface area contributed by atoms with Crippen molar-refractivity contribution in [1.29, 1.82) is 0 Å². The summed E-state index contributed by atoms with van der Waals surface area (Å²) in [6.45, 7) is 3.64. The van der Waals surface area contributed by atoms with Crippen LogP contribution in [0.15, 0.2) is 4.99 Å². The van der Waals surface area contributed by atoms with Gasteiger partial charge in [-0.3, -0.25) is 4.99 Å². The Morgan fingerprint density at radius 3 is 2.58 bits per heavy atom. The molecular formula is C7H11NO4. The largest absolute Gasteiger partial charge is 0.459 e. The Morgan fingerprint density at radius 2 is 2.17 bits per heavy atom. The molecule has 0 bridgehead atoms. The minimum Gasteiger partial charge on any atom is -0.459 e. The Kier molecular flexibility index (Phi) is 2.16. The van der Waals surface area contributed by atoms with Gasteiger partial charge in [0.1, 0.15) is 6.61 Å². The maximum Gasteiger partial charge on any atom is 0.357 e. The second kappa shape index (κ2) is 2.84. The van der Waals surface area contributed by atoms with E-state index in [2.05, 4.69) is 9.73 Å². The molecule has 0 amide bonds. The van der Waals surface area contributed by atoms with Crippen LogP contribution in [0.25, 0.3) is 0 Å². The van der Waals surface area contributed by atoms with Crippen LogP contribution in [-0.4, -0.2) is 40.3 Å². The van der Waals surface area contributed by atoms with Gasteiger partial charge in [0.25, 0.3) is 0 Å². The van der Waals surface area contributed by atoms with Crippen molar-refractivity contribution in [3.05, 3.63) is 0 Å². The second-order valence-corrected chi connectivity index (χ2v) is 3.26. The van der Waals surface area contributed by atoms with Gasteiger partial charge in [-0.15, -0.1) is 0 Å². The first-order chi connectivity index (χ1) is 5.42. The molecule has 1 aliphatic rings. The molecule has 0 saturated heterocycles. The van der Waals surface area contributed by atoms with Crippen molar-refractivity contribution in [1.82, 2.24) is 0 Å². The first-order valence-electron chi connectivity index (χ1n) is 3.55. The highest BCUT2D eigenvalue weighted by atomic mass is 16.5. The fraction of sp³-hybridized carbons (Fsp3) is 0.714. The van der Waals surface area contributed by atoms with Gasteiger partial charge in [-0.1, -0.05) is 0 Å². The van der Waals surface area contributed by atoms with Gasteiger partial charge in [0, 0.05) is 0 Å². The summed E-state index contributed by atoms with van der Waals surface area (Å²) in [6, 6.07) is 0. The van der Waals surface area contributed by atoms with E-state index in [1.54, 1.807) is 13.8 Å². The molecular weight excluding hydrogens is 162 g/mol. The zero-order valence-corrected chi connectivity index (χ0v) is 6.94. The monoisotopic (exact) mass is 173 g/mol. The Bertz CT molecular complexity index is 232. The second-order valence-electron chi connectivity index (χ2n) is 3.26. The first-order valence-corrected chi connectivity index (χ1v) is 3.55. The first kappa shape index (κ1) is 9.15. The highest BCUT2D eigenvalue weighted by Gasteiger charge is 2.32. The number of cyclic esters (lactones) is 1. The molecule has 1 aliphatic heterocycles. The molecule has 12 heavy (non-hydrogen) atoms. The number of nitrogens with zero attached hydrogens (tertiary/aromatic N) is 1. The van der Waals surface area contributed by atoms with Crippen LogP contribution < -0.4 is 0 Å². The fourth-order valence-corrected chi connectivity index (χ4v) is 0.883. The number of ether oxygens (including phenoxy) is 1. The Balaban J connectivity index is 2.93. The normalized spacial score (nSPS) is 22.1. The van der Waals surface area contributed by atoms with Crippen LogP contribution in [0.5, 0.6) is 0 Å². The smallest absolute Gasteiger partial charge is 0.357 e. The third-order valence-corrected chi connectivity index (χ3v) is 1.43. The fourth-order valence-electron chi connectivity index (χ4n) is 0.883. The molecule has 2 N–H and O–H groups in total. The quantitative estimate of drug-likeness (QED) is 0.397. The number of hydrogen-bond donors (Lipinski definition) is 2. The summed E-state index contributed by atoms with van der Waals surface area (Å²) in [7, 11) is 0. The van der Waals surface area contributed by atoms with Gasteiger partial charge < -0.3 is 14.9 Å². The minimum atomic E-state index is -1.85. The molecule has 0 aliphatic carbocycles. The summed E-state index contributed by atoms with van der Waals surface area (Å²) in [5.74, 6) is -0.760. The average Bonchev–Trinajstić information content (AvgIpc) is 1.94. The third-order valence-electron chi connectivity index (χ3n) is 1.43. The van der Waals surface area contributed by atoms with Gasteiger partial charge >= 0.3 is 5.97 Å². The maximum atomic E-state index is 10.9. The Labute approximate surface area is 69.7 Å². The molecule has 0 saturated carbocycles. The number of carbonyl (C=O) groups excluding carboxylic acids is 1. The molecule has 0 fully saturated rings. The molecule has 0 aromatic heterocycles. The van der Waals surface area contributed by atoms with Crippen molar-refractivity contribution in [2.45, 2.75) is 25.7 Å². The highest BCUT2D eigenvalue weighted by molar-refractivity contribution is 6.38. The molecule has 68 valence electrons. The summed E-state index contributed by atoms with van der Waals surface area (Å²) in [4.78, 5) is 14.7. The number of carbonyl (C=O) groups is 1. The predicted octanol–water partition coefficient (Wildman–Crippen LogP) is -0.926. The van der Waals surface area contributed by atoms with Crippen LogP contribution >= 0.6 is 0 Å². The van der Waals surface area contributed by atoms with Gasteiger partial charge in [0.2, 0.25) is 6.29 Å². The van der Waals surface area contributed by atoms with E-state index < -0.39 is 17.8 Å². The predicted molar refractivity (Wildman–Crippen MR) is 40.7 cm³/mol. The summed E-state index contributed by atoms with van der Waals surface area (Å²) in [5, 5.41) is 17.4. The number of esters is 1. The van der Waals surface area contributed by atoms with E-state index in [9.17, 15) is 4.79 Å². The van der Waals surface area contributed by atoms with Crippen LogP contribution in [0, 0.1) is 0 Å². The van der Waals surface area contributed by atoms with Gasteiger partial charge in [-0.25, -0.2) is 4.79 Å². The lowest BCUT2D eigenvalue weighted by molar-refractivity contribution is -0.140. The Morgan fingerprint density at radius 1 is 1.58 bits per heavy atom. The lowest BCUT2D eigenvalue weighted by Crippen LogP contribution is -2.42. The van der Waals surface area contributed by atoms with Crippen molar-refractivity contribution < 1.29 is 19.7 Å². The van der Waals surface area contributed by atoms with Crippen LogP contribution in [0.2, 0.25) is 0 Å². The molecule has 5 nitrogen and oxygen atoms in total. The van der Waals surface area contributed by atoms with Crippen LogP contribution in [-0.2, 0) is 9.53 Å². The highest BCUT2D eigenvalue weighted by Crippen LogP contribution is 2.15. The topological polar surface area (TPSA) is 79.1 Å². The van der Waals surface area contributed by atoms with Gasteiger partial charge in [0.05, 0.1) is 5.54 Å². The van der Waals surface area contributed by atoms with Crippen LogP contribution in [0.3, 0.4) is 0 Å². The third kappa shape index (κ3) is 1.80. The molecule has 0 aromatic rings. The Hall–Kier alpha value is -0.940. The van der Waals surface area contributed by atoms with E-state index >= 15 is 0 Å². The van der Waals surface area contributed by atoms with Gasteiger partial charge in [0.15, 0.2) is 5.71 Å². The number of rotatable bonds is 1. The minimum absolute atomic E-state index is 0.169. The van der Waals surface area contributed by atoms with E-state index in [4.69, 9.17) is 10.2 Å². The number of hydrogen-bond acceptors (Lipinski definition) is 5. The van der Waals surface area contributed by atoms with Crippen molar-refractivity contribution in [2.24, 2.45) is 4.99 Å². The summed E-state index contributed by atoms with van der Waals surface area (Å²) >= 11 is 0. The average molecular weight is 173 g/mol. The van der Waals surface area contributed by atoms with Crippen LogP contribution in [0.1, 0.15) is 13.8 Å². The van der Waals surface area contributed by atoms with Crippen LogP contribution in [0.4, 0.5) is 0 Å². The van der Waals surface area contributed by atoms with Crippen molar-refractivity contribution in [2.75, 3.05) is 6.61 Å². The number of aliphatic hydroxyl groups excluding tert-OH is 1. The summed E-state index contributed by atoms with van der Waals surface area (Å²) < 4.78 is 4.68. The SMILES string of the molecule is CC1(C)COC(=O)C(C(O)O)=N1. The van der Waals surface area contributed by atoms with E-state index in [-0.39, 0.29) is 12.3 Å². The molecule has 1 heterocycles. The molecule has 0 radical (unpaired) electrons. The van der Waals surface area contributed by atoms with Crippen molar-refractivity contribution >= 4 is 11.7 Å². The summed E-state index contributed by atoms with van der Waals surface area (Å²) in [6.07, 6.45) is -1.85. The standard InChI is InChI=1S/C7H11NO4/c1-7(2)3-12-6(11)4(8-7)5(9)10/h5,9-10H,3H2,1-2H3. The van der Waals surface area contributed by atoms with Gasteiger partial charge in [-0.05, 0) is 13.8 Å². The summed E-state index contributed by atoms with van der Waals surface area (Å²) in [5.41, 5.74) is -0.890.